The number of nitro groups is 1. The van der Waals surface area contributed by atoms with E-state index in [0.717, 1.165) is 34.2 Å². The molecule has 0 aliphatic carbocycles. The monoisotopic (exact) mass is 559 g/mol. The van der Waals surface area contributed by atoms with Crippen molar-refractivity contribution < 1.29 is 19.2 Å². The van der Waals surface area contributed by atoms with Gasteiger partial charge in [0, 0.05) is 28.5 Å². The van der Waals surface area contributed by atoms with Crippen LogP contribution in [0.1, 0.15) is 27.5 Å². The van der Waals surface area contributed by atoms with E-state index in [2.05, 4.69) is 4.98 Å². The summed E-state index contributed by atoms with van der Waals surface area (Å²) in [5.74, 6) is -2.14. The number of nitrogens with zero attached hydrogens (tertiary/aromatic N) is 2. The Morgan fingerprint density at radius 2 is 1.74 bits per heavy atom. The normalized spacial score (nSPS) is 20.0. The quantitative estimate of drug-likeness (QED) is 0.200. The molecule has 196 valence electrons. The van der Waals surface area contributed by atoms with Crippen molar-refractivity contribution in [3.63, 3.8) is 0 Å². The van der Waals surface area contributed by atoms with E-state index in [-0.39, 0.29) is 17.2 Å². The Morgan fingerprint density at radius 3 is 2.46 bits per heavy atom. The van der Waals surface area contributed by atoms with E-state index in [0.29, 0.717) is 26.9 Å². The van der Waals surface area contributed by atoms with Gasteiger partial charge in [-0.3, -0.25) is 24.5 Å². The van der Waals surface area contributed by atoms with E-state index in [1.807, 2.05) is 49.4 Å². The molecule has 2 aliphatic rings. The number of fused-ring (bicyclic) bond motifs is 2. The topological polar surface area (TPSA) is 123 Å². The van der Waals surface area contributed by atoms with Crippen molar-refractivity contribution >= 4 is 46.3 Å². The number of benzene rings is 3. The number of amides is 2. The smallest absolute Gasteiger partial charge is 0.305 e. The number of H-pyrrole nitrogens is 1. The van der Waals surface area contributed by atoms with Crippen molar-refractivity contribution in [2.45, 2.75) is 29.7 Å². The van der Waals surface area contributed by atoms with E-state index in [1.165, 1.54) is 23.1 Å². The molecular weight excluding hydrogens is 538 g/mol. The minimum atomic E-state index is -0.885. The molecule has 11 heteroatoms. The first-order chi connectivity index (χ1) is 18.8. The number of aromatic amines is 1. The maximum atomic E-state index is 14.0. The molecule has 2 aliphatic heterocycles. The largest absolute Gasteiger partial charge is 0.489 e. The lowest BCUT2D eigenvalue weighted by Crippen LogP contribution is -2.32. The number of imide groups is 1. The molecule has 9 nitrogen and oxygen atoms in total. The highest BCUT2D eigenvalue weighted by molar-refractivity contribution is 8.00. The van der Waals surface area contributed by atoms with Crippen molar-refractivity contribution in [3.05, 3.63) is 114 Å². The van der Waals surface area contributed by atoms with E-state index in [4.69, 9.17) is 4.74 Å². The fourth-order valence-corrected chi connectivity index (χ4v) is 7.57. The number of carbonyl (C=O) groups is 2. The van der Waals surface area contributed by atoms with E-state index in [9.17, 15) is 24.5 Å². The second-order valence-electron chi connectivity index (χ2n) is 9.35. The number of non-ortho nitro benzene ring substituents is 1. The standard InChI is InChI=1S/C28H21N3O6S2/c1-15-7-9-17(10-8-15)30-26(32)22-21(23-25(29-28(34)39-23)38-24(22)27(30)33)19-13-18(31(35)36)11-12-20(19)37-14-16-5-3-2-4-6-16/h2-13,21-22,24H,14H2,1H3,(H,29,34)/t21-,22-,24+/m0/s1. The van der Waals surface area contributed by atoms with Crippen LogP contribution in [0.4, 0.5) is 11.4 Å². The summed E-state index contributed by atoms with van der Waals surface area (Å²) in [6.07, 6.45) is 0. The van der Waals surface area contributed by atoms with Gasteiger partial charge in [-0.2, -0.15) is 0 Å². The number of anilines is 1. The van der Waals surface area contributed by atoms with Crippen LogP contribution in [-0.2, 0) is 16.2 Å². The molecule has 39 heavy (non-hydrogen) atoms. The number of thioether (sulfide) groups is 1. The molecule has 6 rings (SSSR count). The summed E-state index contributed by atoms with van der Waals surface area (Å²) >= 11 is 2.10. The lowest BCUT2D eigenvalue weighted by molar-refractivity contribution is -0.385. The van der Waals surface area contributed by atoms with Crippen LogP contribution in [0.25, 0.3) is 0 Å². The summed E-state index contributed by atoms with van der Waals surface area (Å²) < 4.78 is 6.15. The van der Waals surface area contributed by atoms with Crippen LogP contribution in [0.3, 0.4) is 0 Å². The SMILES string of the molecule is Cc1ccc(N2C(=O)[C@H]3[C@H](c4cc([N+](=O)[O-])ccc4OCc4ccccc4)c4sc(=O)[nH]c4S[C@H]3C2=O)cc1. The third kappa shape index (κ3) is 4.43. The first-order valence-electron chi connectivity index (χ1n) is 12.1. The molecule has 3 aromatic carbocycles. The van der Waals surface area contributed by atoms with Crippen LogP contribution in [0.15, 0.2) is 82.6 Å². The minimum absolute atomic E-state index is 0.177. The summed E-state index contributed by atoms with van der Waals surface area (Å²) in [6.45, 7) is 2.11. The number of rotatable bonds is 6. The minimum Gasteiger partial charge on any atom is -0.489 e. The van der Waals surface area contributed by atoms with Crippen molar-refractivity contribution in [3.8, 4) is 5.75 Å². The maximum Gasteiger partial charge on any atom is 0.305 e. The number of nitro benzene ring substituents is 1. The van der Waals surface area contributed by atoms with Gasteiger partial charge >= 0.3 is 4.87 Å². The molecule has 0 bridgehead atoms. The van der Waals surface area contributed by atoms with Gasteiger partial charge in [0.05, 0.1) is 21.6 Å². The Labute approximate surface area is 230 Å². The molecule has 0 unspecified atom stereocenters. The van der Waals surface area contributed by atoms with Crippen LogP contribution in [-0.4, -0.2) is 27.0 Å². The second kappa shape index (κ2) is 9.83. The van der Waals surface area contributed by atoms with Gasteiger partial charge < -0.3 is 9.72 Å². The predicted octanol–water partition coefficient (Wildman–Crippen LogP) is 5.03. The fourth-order valence-electron chi connectivity index (χ4n) is 5.06. The molecule has 3 atom stereocenters. The average molecular weight is 560 g/mol. The third-order valence-corrected chi connectivity index (χ3v) is 9.29. The van der Waals surface area contributed by atoms with Crippen LogP contribution in [0.2, 0.25) is 0 Å². The summed E-state index contributed by atoms with van der Waals surface area (Å²) in [4.78, 5) is 55.5. The maximum absolute atomic E-state index is 14.0. The Balaban J connectivity index is 1.48. The lowest BCUT2D eigenvalue weighted by atomic mass is 9.82. The highest BCUT2D eigenvalue weighted by atomic mass is 32.2. The van der Waals surface area contributed by atoms with Gasteiger partial charge in [-0.05, 0) is 30.7 Å². The zero-order valence-corrected chi connectivity index (χ0v) is 22.2. The van der Waals surface area contributed by atoms with Gasteiger partial charge in [0.1, 0.15) is 17.6 Å². The molecule has 1 aromatic heterocycles. The molecule has 2 amide bonds. The first kappa shape index (κ1) is 25.1. The van der Waals surface area contributed by atoms with Crippen LogP contribution >= 0.6 is 23.1 Å². The predicted molar refractivity (Wildman–Crippen MR) is 147 cm³/mol. The molecule has 3 heterocycles. The molecular formula is C28H21N3O6S2. The van der Waals surface area contributed by atoms with Gasteiger partial charge in [0.25, 0.3) is 5.69 Å². The molecule has 1 saturated heterocycles. The Kier molecular flexibility index (Phi) is 6.32. The Morgan fingerprint density at radius 1 is 1.00 bits per heavy atom. The van der Waals surface area contributed by atoms with E-state index >= 15 is 0 Å². The molecule has 0 radical (unpaired) electrons. The lowest BCUT2D eigenvalue weighted by Gasteiger charge is -2.30. The van der Waals surface area contributed by atoms with Crippen LogP contribution < -0.4 is 14.5 Å². The molecule has 1 fully saturated rings. The number of hydrogen-bond donors (Lipinski definition) is 1. The number of thiazole rings is 1. The van der Waals surface area contributed by atoms with Crippen molar-refractivity contribution in [2.75, 3.05) is 4.90 Å². The molecule has 0 saturated carbocycles. The second-order valence-corrected chi connectivity index (χ2v) is 11.5. The highest BCUT2D eigenvalue weighted by Gasteiger charge is 2.57. The zero-order chi connectivity index (χ0) is 27.3. The van der Waals surface area contributed by atoms with Gasteiger partial charge in [-0.25, -0.2) is 4.90 Å². The summed E-state index contributed by atoms with van der Waals surface area (Å²) in [5.41, 5.74) is 2.55. The molecule has 0 spiro atoms. The van der Waals surface area contributed by atoms with Crippen LogP contribution in [0, 0.1) is 23.0 Å². The van der Waals surface area contributed by atoms with Gasteiger partial charge in [0.15, 0.2) is 0 Å². The van der Waals surface area contributed by atoms with Gasteiger partial charge in [-0.1, -0.05) is 71.1 Å². The third-order valence-electron chi connectivity index (χ3n) is 6.89. The van der Waals surface area contributed by atoms with Gasteiger partial charge in [-0.15, -0.1) is 0 Å². The average Bonchev–Trinajstić information content (AvgIpc) is 3.42. The number of aromatic nitrogens is 1. The van der Waals surface area contributed by atoms with Crippen molar-refractivity contribution in [1.29, 1.82) is 0 Å². The van der Waals surface area contributed by atoms with Crippen LogP contribution in [0.5, 0.6) is 5.75 Å². The summed E-state index contributed by atoms with van der Waals surface area (Å²) in [6, 6.07) is 20.8. The van der Waals surface area contributed by atoms with E-state index < -0.39 is 33.8 Å². The van der Waals surface area contributed by atoms with Crippen molar-refractivity contribution in [1.82, 2.24) is 4.98 Å². The zero-order valence-electron chi connectivity index (χ0n) is 20.5. The number of nitrogens with one attached hydrogen (secondary N) is 1. The number of carbonyl (C=O) groups excluding carboxylic acids is 2. The molecule has 4 aromatic rings. The number of hydrogen-bond acceptors (Lipinski definition) is 8. The first-order valence-corrected chi connectivity index (χ1v) is 13.8. The summed E-state index contributed by atoms with van der Waals surface area (Å²) in [7, 11) is 0. The van der Waals surface area contributed by atoms with E-state index in [1.54, 1.807) is 12.1 Å². The number of aryl methyl sites for hydroxylation is 1. The number of ether oxygens (including phenoxy) is 1. The Bertz CT molecular complexity index is 1660. The van der Waals surface area contributed by atoms with Crippen molar-refractivity contribution in [2.24, 2.45) is 5.92 Å². The Hall–Kier alpha value is -4.22. The highest BCUT2D eigenvalue weighted by Crippen LogP contribution is 2.55. The van der Waals surface area contributed by atoms with Gasteiger partial charge in [0.2, 0.25) is 11.8 Å². The summed E-state index contributed by atoms with van der Waals surface area (Å²) in [5, 5.41) is 11.4. The molecule has 1 N–H and O–H groups in total. The fraction of sp³-hybridized carbons (Fsp3) is 0.179.